The lowest BCUT2D eigenvalue weighted by Crippen LogP contribution is -2.48. The first-order chi connectivity index (χ1) is 9.52. The Kier molecular flexibility index (Phi) is 5.41. The SMILES string of the molecule is CCNC(C)c1sc(N2CCN(C(C)C)CC2)nc1C. The van der Waals surface area contributed by atoms with E-state index in [1.807, 2.05) is 11.3 Å². The Bertz CT molecular complexity index is 422. The minimum atomic E-state index is 0.406. The van der Waals surface area contributed by atoms with Gasteiger partial charge in [0, 0.05) is 43.1 Å². The zero-order valence-corrected chi connectivity index (χ0v) is 14.3. The normalized spacial score (nSPS) is 18.8. The van der Waals surface area contributed by atoms with Crippen molar-refractivity contribution in [3.05, 3.63) is 10.6 Å². The Morgan fingerprint density at radius 3 is 2.40 bits per heavy atom. The van der Waals surface area contributed by atoms with Crippen molar-refractivity contribution in [1.82, 2.24) is 15.2 Å². The van der Waals surface area contributed by atoms with Crippen LogP contribution in [0.4, 0.5) is 5.13 Å². The van der Waals surface area contributed by atoms with Crippen molar-refractivity contribution in [2.75, 3.05) is 37.6 Å². The van der Waals surface area contributed by atoms with Crippen molar-refractivity contribution in [2.45, 2.75) is 46.7 Å². The molecule has 2 rings (SSSR count). The van der Waals surface area contributed by atoms with Crippen LogP contribution in [-0.2, 0) is 0 Å². The largest absolute Gasteiger partial charge is 0.346 e. The van der Waals surface area contributed by atoms with Crippen molar-refractivity contribution in [3.63, 3.8) is 0 Å². The van der Waals surface area contributed by atoms with Crippen LogP contribution in [0.2, 0.25) is 0 Å². The van der Waals surface area contributed by atoms with Crippen molar-refractivity contribution in [2.24, 2.45) is 0 Å². The van der Waals surface area contributed by atoms with Gasteiger partial charge in [-0.1, -0.05) is 6.92 Å². The number of aryl methyl sites for hydroxylation is 1. The van der Waals surface area contributed by atoms with Crippen LogP contribution in [0.15, 0.2) is 0 Å². The molecule has 0 bridgehead atoms. The molecule has 114 valence electrons. The van der Waals surface area contributed by atoms with Crippen LogP contribution in [0.25, 0.3) is 0 Å². The second-order valence-electron chi connectivity index (χ2n) is 5.84. The molecule has 4 nitrogen and oxygen atoms in total. The van der Waals surface area contributed by atoms with Crippen LogP contribution in [0.3, 0.4) is 0 Å². The predicted molar refractivity (Wildman–Crippen MR) is 87.9 cm³/mol. The smallest absolute Gasteiger partial charge is 0.185 e. The topological polar surface area (TPSA) is 31.4 Å². The Balaban J connectivity index is 2.02. The molecule has 0 radical (unpaired) electrons. The molecule has 1 N–H and O–H groups in total. The van der Waals surface area contributed by atoms with E-state index in [2.05, 4.69) is 49.7 Å². The number of hydrogen-bond donors (Lipinski definition) is 1. The molecule has 5 heteroatoms. The lowest BCUT2D eigenvalue weighted by Gasteiger charge is -2.36. The van der Waals surface area contributed by atoms with Crippen LogP contribution in [0.5, 0.6) is 0 Å². The molecule has 0 amide bonds. The van der Waals surface area contributed by atoms with E-state index in [0.29, 0.717) is 12.1 Å². The van der Waals surface area contributed by atoms with Gasteiger partial charge in [-0.2, -0.15) is 0 Å². The number of nitrogens with zero attached hydrogens (tertiary/aromatic N) is 3. The fourth-order valence-electron chi connectivity index (χ4n) is 2.76. The van der Waals surface area contributed by atoms with Gasteiger partial charge in [0.25, 0.3) is 0 Å². The molecule has 1 aliphatic rings. The molecule has 0 spiro atoms. The first-order valence-electron chi connectivity index (χ1n) is 7.72. The predicted octanol–water partition coefficient (Wildman–Crippen LogP) is 2.65. The molecule has 20 heavy (non-hydrogen) atoms. The molecule has 1 aromatic heterocycles. The summed E-state index contributed by atoms with van der Waals surface area (Å²) in [5.74, 6) is 0. The number of thiazole rings is 1. The molecule has 1 saturated heterocycles. The van der Waals surface area contributed by atoms with Gasteiger partial charge in [-0.15, -0.1) is 11.3 Å². The van der Waals surface area contributed by atoms with E-state index in [4.69, 9.17) is 4.98 Å². The van der Waals surface area contributed by atoms with Crippen LogP contribution in [0, 0.1) is 6.92 Å². The van der Waals surface area contributed by atoms with Crippen LogP contribution in [-0.4, -0.2) is 48.6 Å². The standard InChI is InChI=1S/C15H28N4S/c1-6-16-12(4)14-13(5)17-15(20-14)19-9-7-18(8-10-19)11(2)3/h11-12,16H,6-10H2,1-5H3. The number of piperazine rings is 1. The van der Waals surface area contributed by atoms with Gasteiger partial charge in [0.15, 0.2) is 5.13 Å². The molecular weight excluding hydrogens is 268 g/mol. The molecule has 1 atom stereocenters. The Hall–Kier alpha value is -0.650. The third-order valence-electron chi connectivity index (χ3n) is 4.04. The van der Waals surface area contributed by atoms with Gasteiger partial charge in [-0.3, -0.25) is 4.90 Å². The highest BCUT2D eigenvalue weighted by molar-refractivity contribution is 7.15. The zero-order chi connectivity index (χ0) is 14.7. The third-order valence-corrected chi connectivity index (χ3v) is 5.44. The van der Waals surface area contributed by atoms with Crippen molar-refractivity contribution >= 4 is 16.5 Å². The molecular formula is C15H28N4S. The van der Waals surface area contributed by atoms with Crippen LogP contribution >= 0.6 is 11.3 Å². The molecule has 1 unspecified atom stereocenters. The first-order valence-corrected chi connectivity index (χ1v) is 8.54. The first kappa shape index (κ1) is 15.7. The maximum Gasteiger partial charge on any atom is 0.185 e. The highest BCUT2D eigenvalue weighted by Gasteiger charge is 2.22. The van der Waals surface area contributed by atoms with Gasteiger partial charge in [0.1, 0.15) is 0 Å². The maximum atomic E-state index is 4.79. The number of rotatable bonds is 5. The van der Waals surface area contributed by atoms with Gasteiger partial charge < -0.3 is 10.2 Å². The summed E-state index contributed by atoms with van der Waals surface area (Å²) in [5, 5.41) is 4.68. The van der Waals surface area contributed by atoms with Crippen LogP contribution < -0.4 is 10.2 Å². The number of anilines is 1. The monoisotopic (exact) mass is 296 g/mol. The number of aromatic nitrogens is 1. The highest BCUT2D eigenvalue weighted by Crippen LogP contribution is 2.31. The summed E-state index contributed by atoms with van der Waals surface area (Å²) in [5.41, 5.74) is 1.18. The molecule has 1 fully saturated rings. The average molecular weight is 296 g/mol. The lowest BCUT2D eigenvalue weighted by atomic mass is 10.2. The number of nitrogens with one attached hydrogen (secondary N) is 1. The average Bonchev–Trinajstić information content (AvgIpc) is 2.81. The fourth-order valence-corrected chi connectivity index (χ4v) is 3.90. The summed E-state index contributed by atoms with van der Waals surface area (Å²) in [4.78, 5) is 11.2. The molecule has 0 aromatic carbocycles. The van der Waals surface area contributed by atoms with E-state index in [0.717, 1.165) is 32.7 Å². The quantitative estimate of drug-likeness (QED) is 0.905. The van der Waals surface area contributed by atoms with Gasteiger partial charge in [0.05, 0.1) is 5.69 Å². The molecule has 1 aromatic rings. The van der Waals surface area contributed by atoms with Gasteiger partial charge in [0.2, 0.25) is 0 Å². The zero-order valence-electron chi connectivity index (χ0n) is 13.4. The van der Waals surface area contributed by atoms with Crippen molar-refractivity contribution in [3.8, 4) is 0 Å². The van der Waals surface area contributed by atoms with E-state index >= 15 is 0 Å². The fraction of sp³-hybridized carbons (Fsp3) is 0.800. The Morgan fingerprint density at radius 2 is 1.85 bits per heavy atom. The molecule has 0 saturated carbocycles. The lowest BCUT2D eigenvalue weighted by molar-refractivity contribution is 0.209. The second kappa shape index (κ2) is 6.87. The minimum absolute atomic E-state index is 0.406. The molecule has 1 aliphatic heterocycles. The van der Waals surface area contributed by atoms with E-state index in [9.17, 15) is 0 Å². The van der Waals surface area contributed by atoms with E-state index in [1.54, 1.807) is 0 Å². The summed E-state index contributed by atoms with van der Waals surface area (Å²) >= 11 is 1.86. The number of hydrogen-bond acceptors (Lipinski definition) is 5. The summed E-state index contributed by atoms with van der Waals surface area (Å²) in [6.07, 6.45) is 0. The van der Waals surface area contributed by atoms with E-state index in [1.165, 1.54) is 15.7 Å². The minimum Gasteiger partial charge on any atom is -0.346 e. The van der Waals surface area contributed by atoms with Gasteiger partial charge >= 0.3 is 0 Å². The second-order valence-corrected chi connectivity index (χ2v) is 6.85. The highest BCUT2D eigenvalue weighted by atomic mass is 32.1. The summed E-state index contributed by atoms with van der Waals surface area (Å²) in [6.45, 7) is 16.6. The summed E-state index contributed by atoms with van der Waals surface area (Å²) in [6, 6.07) is 1.06. The molecule has 0 aliphatic carbocycles. The van der Waals surface area contributed by atoms with E-state index in [-0.39, 0.29) is 0 Å². The maximum absolute atomic E-state index is 4.79. The Morgan fingerprint density at radius 1 is 1.20 bits per heavy atom. The van der Waals surface area contributed by atoms with Crippen molar-refractivity contribution in [1.29, 1.82) is 0 Å². The van der Waals surface area contributed by atoms with Gasteiger partial charge in [-0.25, -0.2) is 4.98 Å². The third kappa shape index (κ3) is 3.51. The van der Waals surface area contributed by atoms with Gasteiger partial charge in [-0.05, 0) is 34.2 Å². The molecule has 2 heterocycles. The summed E-state index contributed by atoms with van der Waals surface area (Å²) in [7, 11) is 0. The van der Waals surface area contributed by atoms with E-state index < -0.39 is 0 Å². The summed E-state index contributed by atoms with van der Waals surface area (Å²) < 4.78 is 0. The van der Waals surface area contributed by atoms with Crippen LogP contribution in [0.1, 0.15) is 44.3 Å². The Labute approximate surface area is 127 Å². The van der Waals surface area contributed by atoms with Crippen molar-refractivity contribution < 1.29 is 0 Å².